The molecule has 2 amide bonds. The highest BCUT2D eigenvalue weighted by Gasteiger charge is 2.45. The number of hydrogen-bond acceptors (Lipinski definition) is 4. The predicted octanol–water partition coefficient (Wildman–Crippen LogP) is 3.90. The van der Waals surface area contributed by atoms with Gasteiger partial charge in [0, 0.05) is 30.4 Å². The summed E-state index contributed by atoms with van der Waals surface area (Å²) >= 11 is 0. The summed E-state index contributed by atoms with van der Waals surface area (Å²) in [6.45, 7) is 8.77. The Hall–Kier alpha value is -2.08. The van der Waals surface area contributed by atoms with Crippen molar-refractivity contribution in [1.29, 1.82) is 0 Å². The number of ether oxygens (including phenoxy) is 1. The van der Waals surface area contributed by atoms with Crippen LogP contribution in [0.5, 0.6) is 0 Å². The second-order valence-electron chi connectivity index (χ2n) is 9.29. The molecular formula is C23H35N3O3. The maximum atomic E-state index is 12.9. The molecule has 2 atom stereocenters. The first-order chi connectivity index (χ1) is 13.7. The van der Waals surface area contributed by atoms with Crippen LogP contribution in [0.15, 0.2) is 30.3 Å². The molecule has 6 heteroatoms. The Morgan fingerprint density at radius 1 is 1.10 bits per heavy atom. The molecule has 2 bridgehead atoms. The number of nitrogens with zero attached hydrogens (tertiary/aromatic N) is 3. The van der Waals surface area contributed by atoms with Crippen molar-refractivity contribution < 1.29 is 14.3 Å². The third kappa shape index (κ3) is 5.10. The average Bonchev–Trinajstić information content (AvgIpc) is 2.92. The lowest BCUT2D eigenvalue weighted by molar-refractivity contribution is -0.120. The maximum absolute atomic E-state index is 12.9. The number of amides is 2. The molecule has 6 nitrogen and oxygen atoms in total. The molecule has 2 fully saturated rings. The normalized spacial score (nSPS) is 23.9. The zero-order valence-corrected chi connectivity index (χ0v) is 18.4. The number of fused-ring (bicyclic) bond motifs is 2. The number of rotatable bonds is 5. The van der Waals surface area contributed by atoms with Crippen molar-refractivity contribution in [1.82, 2.24) is 9.80 Å². The molecule has 2 aliphatic heterocycles. The van der Waals surface area contributed by atoms with E-state index >= 15 is 0 Å². The number of piperidine rings is 1. The van der Waals surface area contributed by atoms with Gasteiger partial charge in [-0.25, -0.2) is 4.79 Å². The van der Waals surface area contributed by atoms with Gasteiger partial charge in [0.1, 0.15) is 5.60 Å². The third-order valence-electron chi connectivity index (χ3n) is 6.01. The van der Waals surface area contributed by atoms with E-state index in [1.807, 2.05) is 74.9 Å². The van der Waals surface area contributed by atoms with Gasteiger partial charge in [-0.15, -0.1) is 0 Å². The summed E-state index contributed by atoms with van der Waals surface area (Å²) in [5.41, 5.74) is 0.464. The highest BCUT2D eigenvalue weighted by atomic mass is 16.6. The monoisotopic (exact) mass is 401 g/mol. The van der Waals surface area contributed by atoms with Crippen molar-refractivity contribution in [2.24, 2.45) is 0 Å². The van der Waals surface area contributed by atoms with Gasteiger partial charge in [-0.1, -0.05) is 18.2 Å². The van der Waals surface area contributed by atoms with Gasteiger partial charge in [0.15, 0.2) is 0 Å². The van der Waals surface area contributed by atoms with E-state index in [9.17, 15) is 9.59 Å². The number of carbonyl (C=O) groups excluding carboxylic acids is 2. The summed E-state index contributed by atoms with van der Waals surface area (Å²) in [7, 11) is 2.03. The molecule has 0 radical (unpaired) electrons. The van der Waals surface area contributed by atoms with Crippen LogP contribution in [0, 0.1) is 0 Å². The second kappa shape index (κ2) is 8.74. The number of benzene rings is 1. The van der Waals surface area contributed by atoms with E-state index < -0.39 is 5.60 Å². The fraction of sp³-hybridized carbons (Fsp3) is 0.652. The summed E-state index contributed by atoms with van der Waals surface area (Å²) in [6, 6.07) is 10.6. The van der Waals surface area contributed by atoms with Gasteiger partial charge in [0.05, 0.1) is 6.54 Å². The summed E-state index contributed by atoms with van der Waals surface area (Å²) < 4.78 is 5.63. The highest BCUT2D eigenvalue weighted by molar-refractivity contribution is 5.94. The first kappa shape index (κ1) is 21.6. The molecule has 0 spiro atoms. The zero-order chi connectivity index (χ0) is 21.2. The van der Waals surface area contributed by atoms with Crippen LogP contribution in [0.4, 0.5) is 10.5 Å². The first-order valence-corrected chi connectivity index (χ1v) is 10.8. The Morgan fingerprint density at radius 3 is 2.21 bits per heavy atom. The maximum Gasteiger partial charge on any atom is 0.410 e. The van der Waals surface area contributed by atoms with Gasteiger partial charge in [-0.3, -0.25) is 9.69 Å². The molecule has 0 saturated carbocycles. The third-order valence-corrected chi connectivity index (χ3v) is 6.01. The first-order valence-electron chi connectivity index (χ1n) is 10.8. The van der Waals surface area contributed by atoms with Crippen LogP contribution in [0.25, 0.3) is 0 Å². The fourth-order valence-corrected chi connectivity index (χ4v) is 4.66. The molecule has 29 heavy (non-hydrogen) atoms. The number of para-hydroxylation sites is 1. The molecule has 1 aromatic rings. The average molecular weight is 402 g/mol. The number of likely N-dealkylation sites (N-methyl/N-ethyl adjacent to an activating group) is 2. The van der Waals surface area contributed by atoms with Gasteiger partial charge in [0.25, 0.3) is 0 Å². The zero-order valence-electron chi connectivity index (χ0n) is 18.4. The quantitative estimate of drug-likeness (QED) is 0.751. The number of hydrogen-bond donors (Lipinski definition) is 0. The second-order valence-corrected chi connectivity index (χ2v) is 9.29. The minimum Gasteiger partial charge on any atom is -0.444 e. The van der Waals surface area contributed by atoms with Crippen LogP contribution >= 0.6 is 0 Å². The van der Waals surface area contributed by atoms with Crippen molar-refractivity contribution in [2.45, 2.75) is 77.1 Å². The van der Waals surface area contributed by atoms with Gasteiger partial charge in [0.2, 0.25) is 5.91 Å². The minimum absolute atomic E-state index is 0.114. The van der Waals surface area contributed by atoms with Gasteiger partial charge in [-0.2, -0.15) is 0 Å². The van der Waals surface area contributed by atoms with Crippen molar-refractivity contribution in [3.63, 3.8) is 0 Å². The Morgan fingerprint density at radius 2 is 1.69 bits per heavy atom. The summed E-state index contributed by atoms with van der Waals surface area (Å²) in [5, 5.41) is 0. The van der Waals surface area contributed by atoms with E-state index in [2.05, 4.69) is 4.90 Å². The lowest BCUT2D eigenvalue weighted by Crippen LogP contribution is -2.54. The van der Waals surface area contributed by atoms with E-state index in [0.717, 1.165) is 31.4 Å². The van der Waals surface area contributed by atoms with Crippen molar-refractivity contribution in [2.75, 3.05) is 25.0 Å². The molecule has 0 N–H and O–H groups in total. The van der Waals surface area contributed by atoms with Crippen molar-refractivity contribution in [3.05, 3.63) is 30.3 Å². The molecule has 3 rings (SSSR count). The van der Waals surface area contributed by atoms with Crippen LogP contribution < -0.4 is 4.90 Å². The van der Waals surface area contributed by atoms with Gasteiger partial charge >= 0.3 is 6.09 Å². The van der Waals surface area contributed by atoms with Crippen LogP contribution in [-0.4, -0.2) is 65.7 Å². The van der Waals surface area contributed by atoms with Crippen LogP contribution in [0.2, 0.25) is 0 Å². The van der Waals surface area contributed by atoms with E-state index in [0.29, 0.717) is 19.1 Å². The smallest absolute Gasteiger partial charge is 0.410 e. The van der Waals surface area contributed by atoms with Crippen molar-refractivity contribution >= 4 is 17.7 Å². The van der Waals surface area contributed by atoms with E-state index in [1.54, 1.807) is 0 Å². The van der Waals surface area contributed by atoms with E-state index in [4.69, 9.17) is 4.74 Å². The molecule has 2 saturated heterocycles. The standard InChI is InChI=1S/C23H35N3O3/c1-6-25(17-10-8-7-9-11-17)21(27)16-24(5)20-14-18-12-13-19(15-20)26(18)22(28)29-23(2,3)4/h7-11,18-20H,6,12-16H2,1-5H3. The number of carbonyl (C=O) groups is 2. The topological polar surface area (TPSA) is 53.1 Å². The molecule has 2 unspecified atom stereocenters. The molecular weight excluding hydrogens is 366 g/mol. The molecule has 160 valence electrons. The molecule has 0 aromatic heterocycles. The lowest BCUT2D eigenvalue weighted by atomic mass is 9.96. The van der Waals surface area contributed by atoms with E-state index in [-0.39, 0.29) is 24.1 Å². The number of anilines is 1. The molecule has 2 heterocycles. The Bertz CT molecular complexity index is 702. The SMILES string of the molecule is CCN(C(=O)CN(C)C1CC2CCC(C1)N2C(=O)OC(C)(C)C)c1ccccc1. The van der Waals surface area contributed by atoms with Crippen LogP contribution in [-0.2, 0) is 9.53 Å². The Balaban J connectivity index is 1.60. The van der Waals surface area contributed by atoms with Crippen molar-refractivity contribution in [3.8, 4) is 0 Å². The molecule has 0 aliphatic carbocycles. The summed E-state index contributed by atoms with van der Waals surface area (Å²) in [6.07, 6.45) is 3.65. The highest BCUT2D eigenvalue weighted by Crippen LogP contribution is 2.38. The van der Waals surface area contributed by atoms with Gasteiger partial charge in [-0.05, 0) is 72.6 Å². The van der Waals surface area contributed by atoms with E-state index in [1.165, 1.54) is 0 Å². The minimum atomic E-state index is -0.475. The molecule has 1 aromatic carbocycles. The van der Waals surface area contributed by atoms with Gasteiger partial charge < -0.3 is 14.5 Å². The summed E-state index contributed by atoms with van der Waals surface area (Å²) in [5.74, 6) is 0.114. The lowest BCUT2D eigenvalue weighted by Gasteiger charge is -2.42. The Kier molecular flexibility index (Phi) is 6.52. The largest absolute Gasteiger partial charge is 0.444 e. The Labute approximate surface area is 174 Å². The van der Waals surface area contributed by atoms with Crippen LogP contribution in [0.3, 0.4) is 0 Å². The fourth-order valence-electron chi connectivity index (χ4n) is 4.66. The predicted molar refractivity (Wildman–Crippen MR) is 115 cm³/mol. The summed E-state index contributed by atoms with van der Waals surface area (Å²) in [4.78, 5) is 31.5. The van der Waals surface area contributed by atoms with Crippen LogP contribution in [0.1, 0.15) is 53.4 Å². The molecule has 2 aliphatic rings.